The first-order valence-electron chi connectivity index (χ1n) is 5.81. The van der Waals surface area contributed by atoms with Crippen molar-refractivity contribution in [1.29, 1.82) is 0 Å². The summed E-state index contributed by atoms with van der Waals surface area (Å²) in [5.41, 5.74) is 5.98. The summed E-state index contributed by atoms with van der Waals surface area (Å²) in [5.74, 6) is -0.585. The summed E-state index contributed by atoms with van der Waals surface area (Å²) in [6, 6.07) is 4.36. The van der Waals surface area contributed by atoms with Crippen LogP contribution in [0.25, 0.3) is 6.08 Å². The number of phenolic OH excluding ortho intramolecular Hbond substituents is 2. The predicted octanol–water partition coefficient (Wildman–Crippen LogP) is 0.966. The van der Waals surface area contributed by atoms with E-state index in [4.69, 9.17) is 10.8 Å². The topological polar surface area (TPSA) is 95.6 Å². The molecule has 0 aromatic heterocycles. The van der Waals surface area contributed by atoms with E-state index in [1.807, 2.05) is 0 Å². The van der Waals surface area contributed by atoms with E-state index in [0.717, 1.165) is 12.8 Å². The van der Waals surface area contributed by atoms with Gasteiger partial charge in [0, 0.05) is 12.6 Å². The molecule has 18 heavy (non-hydrogen) atoms. The van der Waals surface area contributed by atoms with Gasteiger partial charge in [0.15, 0.2) is 11.5 Å². The van der Waals surface area contributed by atoms with Crippen molar-refractivity contribution in [2.24, 2.45) is 5.73 Å². The molecule has 1 rings (SSSR count). The number of unbranched alkanes of at least 4 members (excludes halogenated alkanes) is 1. The van der Waals surface area contributed by atoms with Crippen LogP contribution in [0, 0.1) is 0 Å². The normalized spacial score (nSPS) is 10.7. The highest BCUT2D eigenvalue weighted by molar-refractivity contribution is 5.91. The molecule has 0 fully saturated rings. The van der Waals surface area contributed by atoms with Gasteiger partial charge in [-0.3, -0.25) is 4.79 Å². The molecular weight excluding hydrogens is 232 g/mol. The number of nitrogens with two attached hydrogens (primary N) is 1. The number of hydrogen-bond acceptors (Lipinski definition) is 4. The molecule has 0 saturated heterocycles. The molecule has 98 valence electrons. The summed E-state index contributed by atoms with van der Waals surface area (Å²) >= 11 is 0. The third-order valence-corrected chi connectivity index (χ3v) is 2.36. The number of hydrogen-bond donors (Lipinski definition) is 4. The van der Waals surface area contributed by atoms with E-state index in [-0.39, 0.29) is 17.4 Å². The van der Waals surface area contributed by atoms with Crippen molar-refractivity contribution < 1.29 is 15.0 Å². The van der Waals surface area contributed by atoms with E-state index in [1.165, 1.54) is 18.2 Å². The number of nitrogens with one attached hydrogen (secondary N) is 1. The Bertz CT molecular complexity index is 430. The fraction of sp³-hybridized carbons (Fsp3) is 0.308. The number of benzene rings is 1. The lowest BCUT2D eigenvalue weighted by Gasteiger charge is -2.01. The van der Waals surface area contributed by atoms with Crippen LogP contribution in [0.4, 0.5) is 0 Å². The number of amides is 1. The van der Waals surface area contributed by atoms with Crippen LogP contribution in [-0.2, 0) is 4.79 Å². The fourth-order valence-electron chi connectivity index (χ4n) is 1.36. The molecule has 0 atom stereocenters. The molecule has 5 heteroatoms. The second-order valence-electron chi connectivity index (χ2n) is 3.87. The lowest BCUT2D eigenvalue weighted by Crippen LogP contribution is -2.22. The first-order chi connectivity index (χ1) is 8.63. The van der Waals surface area contributed by atoms with Crippen LogP contribution in [0.15, 0.2) is 24.3 Å². The number of phenols is 2. The zero-order valence-corrected chi connectivity index (χ0v) is 10.1. The molecule has 1 amide bonds. The van der Waals surface area contributed by atoms with Crippen LogP contribution < -0.4 is 11.1 Å². The van der Waals surface area contributed by atoms with E-state index in [2.05, 4.69) is 5.32 Å². The van der Waals surface area contributed by atoms with Crippen molar-refractivity contribution in [3.05, 3.63) is 29.8 Å². The molecule has 1 aromatic rings. The lowest BCUT2D eigenvalue weighted by atomic mass is 10.2. The maximum atomic E-state index is 11.4. The molecule has 0 aliphatic carbocycles. The van der Waals surface area contributed by atoms with Crippen LogP contribution in [0.5, 0.6) is 11.5 Å². The SMILES string of the molecule is NCCCCNC(=O)/C=C/c1ccc(O)c(O)c1. The molecule has 5 nitrogen and oxygen atoms in total. The number of aromatic hydroxyl groups is 2. The second-order valence-corrected chi connectivity index (χ2v) is 3.87. The maximum absolute atomic E-state index is 11.4. The van der Waals surface area contributed by atoms with Gasteiger partial charge < -0.3 is 21.3 Å². The molecule has 0 bridgehead atoms. The monoisotopic (exact) mass is 250 g/mol. The fourth-order valence-corrected chi connectivity index (χ4v) is 1.36. The van der Waals surface area contributed by atoms with Gasteiger partial charge in [0.05, 0.1) is 0 Å². The minimum absolute atomic E-state index is 0.182. The average molecular weight is 250 g/mol. The van der Waals surface area contributed by atoms with Gasteiger partial charge in [-0.25, -0.2) is 0 Å². The van der Waals surface area contributed by atoms with Crippen LogP contribution in [0.1, 0.15) is 18.4 Å². The van der Waals surface area contributed by atoms with Gasteiger partial charge in [-0.05, 0) is 43.2 Å². The number of carbonyl (C=O) groups excluding carboxylic acids is 1. The Labute approximate surface area is 106 Å². The van der Waals surface area contributed by atoms with Crippen molar-refractivity contribution in [2.75, 3.05) is 13.1 Å². The van der Waals surface area contributed by atoms with E-state index < -0.39 is 0 Å². The zero-order valence-electron chi connectivity index (χ0n) is 10.1. The van der Waals surface area contributed by atoms with Crippen LogP contribution in [-0.4, -0.2) is 29.2 Å². The largest absolute Gasteiger partial charge is 0.504 e. The van der Waals surface area contributed by atoms with E-state index in [1.54, 1.807) is 12.1 Å². The van der Waals surface area contributed by atoms with Gasteiger partial charge in [-0.1, -0.05) is 6.07 Å². The Morgan fingerprint density at radius 2 is 2.06 bits per heavy atom. The van der Waals surface area contributed by atoms with E-state index in [9.17, 15) is 9.90 Å². The van der Waals surface area contributed by atoms with Crippen molar-refractivity contribution in [2.45, 2.75) is 12.8 Å². The first-order valence-corrected chi connectivity index (χ1v) is 5.81. The Hall–Kier alpha value is -2.01. The van der Waals surface area contributed by atoms with E-state index >= 15 is 0 Å². The summed E-state index contributed by atoms with van der Waals surface area (Å²) in [6.07, 6.45) is 4.69. The Morgan fingerprint density at radius 3 is 2.72 bits per heavy atom. The summed E-state index contributed by atoms with van der Waals surface area (Å²) in [5, 5.41) is 21.1. The minimum atomic E-state index is -0.208. The van der Waals surface area contributed by atoms with Gasteiger partial charge in [0.1, 0.15) is 0 Å². The molecule has 0 heterocycles. The van der Waals surface area contributed by atoms with Crippen LogP contribution >= 0.6 is 0 Å². The maximum Gasteiger partial charge on any atom is 0.243 e. The highest BCUT2D eigenvalue weighted by Gasteiger charge is 1.99. The summed E-state index contributed by atoms with van der Waals surface area (Å²) in [6.45, 7) is 1.22. The Kier molecular flexibility index (Phi) is 5.73. The van der Waals surface area contributed by atoms with Gasteiger partial charge >= 0.3 is 0 Å². The standard InChI is InChI=1S/C13H18N2O3/c14-7-1-2-8-15-13(18)6-4-10-3-5-11(16)12(17)9-10/h3-6,9,16-17H,1-2,7-8,14H2,(H,15,18)/b6-4+. The molecule has 0 radical (unpaired) electrons. The highest BCUT2D eigenvalue weighted by Crippen LogP contribution is 2.25. The first kappa shape index (κ1) is 14.1. The molecular formula is C13H18N2O3. The van der Waals surface area contributed by atoms with Crippen molar-refractivity contribution in [3.8, 4) is 11.5 Å². The highest BCUT2D eigenvalue weighted by atomic mass is 16.3. The van der Waals surface area contributed by atoms with Crippen LogP contribution in [0.2, 0.25) is 0 Å². The summed E-state index contributed by atoms with van der Waals surface area (Å²) in [4.78, 5) is 11.4. The third-order valence-electron chi connectivity index (χ3n) is 2.36. The van der Waals surface area contributed by atoms with Crippen molar-refractivity contribution in [1.82, 2.24) is 5.32 Å². The lowest BCUT2D eigenvalue weighted by molar-refractivity contribution is -0.116. The van der Waals surface area contributed by atoms with Gasteiger partial charge in [-0.2, -0.15) is 0 Å². The summed E-state index contributed by atoms with van der Waals surface area (Å²) in [7, 11) is 0. The van der Waals surface area contributed by atoms with Crippen LogP contribution in [0.3, 0.4) is 0 Å². The predicted molar refractivity (Wildman–Crippen MR) is 70.1 cm³/mol. The zero-order chi connectivity index (χ0) is 13.4. The van der Waals surface area contributed by atoms with Crippen molar-refractivity contribution in [3.63, 3.8) is 0 Å². The molecule has 0 unspecified atom stereocenters. The molecule has 0 spiro atoms. The van der Waals surface area contributed by atoms with Gasteiger partial charge in [0.25, 0.3) is 0 Å². The van der Waals surface area contributed by atoms with Crippen molar-refractivity contribution >= 4 is 12.0 Å². The molecule has 0 aliphatic rings. The molecule has 0 aliphatic heterocycles. The van der Waals surface area contributed by atoms with Gasteiger partial charge in [-0.15, -0.1) is 0 Å². The third kappa shape index (κ3) is 4.88. The number of rotatable bonds is 6. The molecule has 1 aromatic carbocycles. The number of carbonyl (C=O) groups is 1. The average Bonchev–Trinajstić information content (AvgIpc) is 2.36. The Morgan fingerprint density at radius 1 is 1.28 bits per heavy atom. The van der Waals surface area contributed by atoms with E-state index in [0.29, 0.717) is 18.7 Å². The smallest absolute Gasteiger partial charge is 0.243 e. The van der Waals surface area contributed by atoms with Gasteiger partial charge in [0.2, 0.25) is 5.91 Å². The second kappa shape index (κ2) is 7.34. The molecule has 5 N–H and O–H groups in total. The summed E-state index contributed by atoms with van der Waals surface area (Å²) < 4.78 is 0. The quantitative estimate of drug-likeness (QED) is 0.343. The molecule has 0 saturated carbocycles. The Balaban J connectivity index is 2.43. The minimum Gasteiger partial charge on any atom is -0.504 e.